The molecule has 168 valence electrons. The Labute approximate surface area is 189 Å². The van der Waals surface area contributed by atoms with Crippen LogP contribution in [0.15, 0.2) is 42.6 Å². The van der Waals surface area contributed by atoms with Crippen LogP contribution in [0, 0.1) is 0 Å². The van der Waals surface area contributed by atoms with Crippen LogP contribution in [0.5, 0.6) is 0 Å². The number of benzene rings is 1. The maximum atomic E-state index is 13.6. The number of piperazine rings is 1. The predicted molar refractivity (Wildman–Crippen MR) is 125 cm³/mol. The molecule has 1 amide bonds. The van der Waals surface area contributed by atoms with E-state index in [0.717, 1.165) is 74.5 Å². The van der Waals surface area contributed by atoms with Crippen LogP contribution in [0.25, 0.3) is 22.3 Å². The molecule has 7 nitrogen and oxygen atoms in total. The number of pyridine rings is 1. The molecule has 5 rings (SSSR count). The molecule has 2 fully saturated rings. The zero-order valence-corrected chi connectivity index (χ0v) is 18.9. The number of carbonyl (C=O) groups is 1. The van der Waals surface area contributed by atoms with Crippen molar-refractivity contribution in [3.8, 4) is 11.3 Å². The number of rotatable bonds is 5. The Morgan fingerprint density at radius 3 is 2.62 bits per heavy atom. The topological polar surface area (TPSA) is 63.5 Å². The lowest BCUT2D eigenvalue weighted by molar-refractivity contribution is 0.0433. The lowest BCUT2D eigenvalue weighted by Crippen LogP contribution is -2.50. The Morgan fingerprint density at radius 2 is 1.94 bits per heavy atom. The smallest absolute Gasteiger partial charge is 0.254 e. The molecule has 2 aliphatic rings. The van der Waals surface area contributed by atoms with Crippen LogP contribution in [-0.4, -0.2) is 75.9 Å². The maximum Gasteiger partial charge on any atom is 0.254 e. The molecule has 32 heavy (non-hydrogen) atoms. The second kappa shape index (κ2) is 9.00. The molecule has 0 saturated carbocycles. The Morgan fingerprint density at radius 1 is 1.16 bits per heavy atom. The highest BCUT2D eigenvalue weighted by atomic mass is 16.5. The Kier molecular flexibility index (Phi) is 5.93. The number of nitrogens with zero attached hydrogens (tertiary/aromatic N) is 5. The van der Waals surface area contributed by atoms with E-state index in [2.05, 4.69) is 23.8 Å². The van der Waals surface area contributed by atoms with Crippen molar-refractivity contribution in [2.75, 3.05) is 39.3 Å². The number of aromatic nitrogens is 3. The summed E-state index contributed by atoms with van der Waals surface area (Å²) >= 11 is 0. The summed E-state index contributed by atoms with van der Waals surface area (Å²) in [4.78, 5) is 22.9. The number of ether oxygens (including phenoxy) is 1. The minimum Gasteiger partial charge on any atom is -0.377 e. The molecule has 2 saturated heterocycles. The van der Waals surface area contributed by atoms with E-state index in [1.165, 1.54) is 0 Å². The van der Waals surface area contributed by atoms with Crippen LogP contribution in [0.1, 0.15) is 43.1 Å². The quantitative estimate of drug-likeness (QED) is 0.615. The molecule has 3 aromatic rings. The van der Waals surface area contributed by atoms with Gasteiger partial charge < -0.3 is 9.64 Å². The Bertz CT molecular complexity index is 1080. The molecule has 0 bridgehead atoms. The second-order valence-electron chi connectivity index (χ2n) is 9.07. The summed E-state index contributed by atoms with van der Waals surface area (Å²) in [5.74, 6) is 0.0645. The average molecular weight is 434 g/mol. The fraction of sp³-hybridized carbons (Fsp3) is 0.480. The SMILES string of the molecule is CC(C)n1ncc2c(C(=O)N3CCN(C[C@H]4CCCO4)CC3)cc(-c3ccccc3)nc21. The van der Waals surface area contributed by atoms with E-state index < -0.39 is 0 Å². The number of amides is 1. The van der Waals surface area contributed by atoms with Gasteiger partial charge in [-0.3, -0.25) is 9.69 Å². The van der Waals surface area contributed by atoms with E-state index in [1.807, 2.05) is 46.0 Å². The van der Waals surface area contributed by atoms with Crippen LogP contribution >= 0.6 is 0 Å². The fourth-order valence-corrected chi connectivity index (χ4v) is 4.71. The van der Waals surface area contributed by atoms with Gasteiger partial charge in [0.05, 0.1) is 28.9 Å². The fourth-order valence-electron chi connectivity index (χ4n) is 4.71. The molecular weight excluding hydrogens is 402 g/mol. The molecule has 0 unspecified atom stereocenters. The van der Waals surface area contributed by atoms with Gasteiger partial charge >= 0.3 is 0 Å². The molecule has 0 spiro atoms. The molecule has 4 heterocycles. The van der Waals surface area contributed by atoms with Crippen LogP contribution < -0.4 is 0 Å². The zero-order valence-electron chi connectivity index (χ0n) is 18.9. The third kappa shape index (κ3) is 4.14. The molecular formula is C25H31N5O2. The van der Waals surface area contributed by atoms with Gasteiger partial charge in [0, 0.05) is 50.9 Å². The van der Waals surface area contributed by atoms with Crippen molar-refractivity contribution < 1.29 is 9.53 Å². The predicted octanol–water partition coefficient (Wildman–Crippen LogP) is 3.62. The molecule has 2 aromatic heterocycles. The van der Waals surface area contributed by atoms with Crippen LogP contribution in [-0.2, 0) is 4.74 Å². The monoisotopic (exact) mass is 433 g/mol. The van der Waals surface area contributed by atoms with Gasteiger partial charge in [-0.1, -0.05) is 30.3 Å². The van der Waals surface area contributed by atoms with Gasteiger partial charge in [0.25, 0.3) is 5.91 Å². The van der Waals surface area contributed by atoms with E-state index in [-0.39, 0.29) is 11.9 Å². The van der Waals surface area contributed by atoms with Gasteiger partial charge in [-0.05, 0) is 32.8 Å². The highest BCUT2D eigenvalue weighted by Gasteiger charge is 2.27. The summed E-state index contributed by atoms with van der Waals surface area (Å²) in [5.41, 5.74) is 3.26. The maximum absolute atomic E-state index is 13.6. The highest BCUT2D eigenvalue weighted by Crippen LogP contribution is 2.27. The standard InChI is InChI=1S/C25H31N5O2/c1-18(2)30-24-22(16-26-30)21(15-23(27-24)19-7-4-3-5-8-19)25(31)29-12-10-28(11-13-29)17-20-9-6-14-32-20/h3-5,7-8,15-16,18,20H,6,9-14,17H2,1-2H3/t20-/m1/s1. The highest BCUT2D eigenvalue weighted by molar-refractivity contribution is 6.06. The summed E-state index contributed by atoms with van der Waals surface area (Å²) in [6, 6.07) is 12.1. The van der Waals surface area contributed by atoms with Crippen LogP contribution in [0.3, 0.4) is 0 Å². The van der Waals surface area contributed by atoms with Gasteiger partial charge in [-0.2, -0.15) is 5.10 Å². The van der Waals surface area contributed by atoms with Crippen molar-refractivity contribution in [3.05, 3.63) is 48.2 Å². The number of fused-ring (bicyclic) bond motifs is 1. The number of carbonyl (C=O) groups excluding carboxylic acids is 1. The van der Waals surface area contributed by atoms with Crippen molar-refractivity contribution in [2.24, 2.45) is 0 Å². The van der Waals surface area contributed by atoms with Crippen molar-refractivity contribution in [1.29, 1.82) is 0 Å². The van der Waals surface area contributed by atoms with Gasteiger partial charge in [-0.25, -0.2) is 9.67 Å². The summed E-state index contributed by atoms with van der Waals surface area (Å²) in [5, 5.41) is 5.37. The normalized spacial score (nSPS) is 19.8. The van der Waals surface area contributed by atoms with E-state index in [1.54, 1.807) is 6.20 Å². The molecule has 0 N–H and O–H groups in total. The molecule has 2 aliphatic heterocycles. The summed E-state index contributed by atoms with van der Waals surface area (Å²) in [6.07, 6.45) is 4.45. The second-order valence-corrected chi connectivity index (χ2v) is 9.07. The molecule has 1 aromatic carbocycles. The third-order valence-electron chi connectivity index (χ3n) is 6.50. The lowest BCUT2D eigenvalue weighted by atomic mass is 10.1. The third-order valence-corrected chi connectivity index (χ3v) is 6.50. The van der Waals surface area contributed by atoms with Gasteiger partial charge in [0.2, 0.25) is 0 Å². The van der Waals surface area contributed by atoms with E-state index in [9.17, 15) is 4.79 Å². The van der Waals surface area contributed by atoms with Gasteiger partial charge in [0.1, 0.15) is 0 Å². The number of hydrogen-bond donors (Lipinski definition) is 0. The minimum atomic E-state index is 0.0645. The largest absolute Gasteiger partial charge is 0.377 e. The minimum absolute atomic E-state index is 0.0645. The first-order valence-corrected chi connectivity index (χ1v) is 11.7. The van der Waals surface area contributed by atoms with Gasteiger partial charge in [-0.15, -0.1) is 0 Å². The Balaban J connectivity index is 1.42. The van der Waals surface area contributed by atoms with Gasteiger partial charge in [0.15, 0.2) is 5.65 Å². The summed E-state index contributed by atoms with van der Waals surface area (Å²) in [6.45, 7) is 9.25. The lowest BCUT2D eigenvalue weighted by Gasteiger charge is -2.35. The van der Waals surface area contributed by atoms with Crippen LogP contribution in [0.2, 0.25) is 0 Å². The Hall–Kier alpha value is -2.77. The van der Waals surface area contributed by atoms with E-state index >= 15 is 0 Å². The van der Waals surface area contributed by atoms with E-state index in [0.29, 0.717) is 11.7 Å². The molecule has 0 radical (unpaired) electrons. The molecule has 1 atom stereocenters. The number of hydrogen-bond acceptors (Lipinski definition) is 5. The van der Waals surface area contributed by atoms with Crippen molar-refractivity contribution in [1.82, 2.24) is 24.6 Å². The van der Waals surface area contributed by atoms with Crippen molar-refractivity contribution >= 4 is 16.9 Å². The molecule has 0 aliphatic carbocycles. The first kappa shape index (κ1) is 21.1. The van der Waals surface area contributed by atoms with Crippen molar-refractivity contribution in [3.63, 3.8) is 0 Å². The average Bonchev–Trinajstić information content (AvgIpc) is 3.49. The van der Waals surface area contributed by atoms with Crippen LogP contribution in [0.4, 0.5) is 0 Å². The first-order chi connectivity index (χ1) is 15.6. The summed E-state index contributed by atoms with van der Waals surface area (Å²) in [7, 11) is 0. The van der Waals surface area contributed by atoms with E-state index in [4.69, 9.17) is 9.72 Å². The zero-order chi connectivity index (χ0) is 22.1. The summed E-state index contributed by atoms with van der Waals surface area (Å²) < 4.78 is 7.69. The first-order valence-electron chi connectivity index (χ1n) is 11.7. The molecule has 7 heteroatoms. The van der Waals surface area contributed by atoms with Crippen molar-refractivity contribution in [2.45, 2.75) is 38.8 Å².